The lowest BCUT2D eigenvalue weighted by Crippen LogP contribution is -2.24. The summed E-state index contributed by atoms with van der Waals surface area (Å²) in [6, 6.07) is 8.11. The Balaban J connectivity index is 2.23. The van der Waals surface area contributed by atoms with Gasteiger partial charge < -0.3 is 10.5 Å². The maximum absolute atomic E-state index is 12.3. The molecule has 3 N–H and O–H groups in total. The van der Waals surface area contributed by atoms with Crippen molar-refractivity contribution in [1.29, 1.82) is 0 Å². The second-order valence-electron chi connectivity index (χ2n) is 4.23. The SMILES string of the molecule is COc1cc(CN)ccc1S(=O)(=O)NCc1cccnn1. The first-order valence-corrected chi connectivity index (χ1v) is 7.68. The molecule has 112 valence electrons. The van der Waals surface area contributed by atoms with Crippen LogP contribution < -0.4 is 15.2 Å². The second kappa shape index (κ2) is 6.61. The predicted molar refractivity (Wildman–Crippen MR) is 76.9 cm³/mol. The van der Waals surface area contributed by atoms with E-state index in [9.17, 15) is 8.42 Å². The maximum atomic E-state index is 12.3. The summed E-state index contributed by atoms with van der Waals surface area (Å²) in [5.41, 5.74) is 6.85. The highest BCUT2D eigenvalue weighted by Crippen LogP contribution is 2.24. The van der Waals surface area contributed by atoms with Crippen LogP contribution in [0.15, 0.2) is 41.4 Å². The molecule has 7 nitrogen and oxygen atoms in total. The van der Waals surface area contributed by atoms with Gasteiger partial charge in [-0.3, -0.25) is 0 Å². The van der Waals surface area contributed by atoms with Crippen LogP contribution in [0.25, 0.3) is 0 Å². The zero-order valence-electron chi connectivity index (χ0n) is 11.5. The lowest BCUT2D eigenvalue weighted by atomic mass is 10.2. The zero-order chi connectivity index (χ0) is 15.3. The number of methoxy groups -OCH3 is 1. The molecule has 0 bridgehead atoms. The van der Waals surface area contributed by atoms with Gasteiger partial charge in [-0.15, -0.1) is 0 Å². The van der Waals surface area contributed by atoms with Gasteiger partial charge in [0.15, 0.2) is 0 Å². The molecule has 0 fully saturated rings. The van der Waals surface area contributed by atoms with E-state index in [1.165, 1.54) is 19.4 Å². The average Bonchev–Trinajstić information content (AvgIpc) is 2.53. The number of nitrogens with two attached hydrogens (primary N) is 1. The van der Waals surface area contributed by atoms with Crippen LogP contribution in [-0.4, -0.2) is 25.7 Å². The molecule has 1 aromatic heterocycles. The number of benzene rings is 1. The van der Waals surface area contributed by atoms with E-state index in [0.717, 1.165) is 5.56 Å². The van der Waals surface area contributed by atoms with Crippen LogP contribution in [0.1, 0.15) is 11.3 Å². The van der Waals surface area contributed by atoms with E-state index >= 15 is 0 Å². The summed E-state index contributed by atoms with van der Waals surface area (Å²) in [6.07, 6.45) is 1.52. The van der Waals surface area contributed by atoms with Crippen LogP contribution in [0.5, 0.6) is 5.75 Å². The fourth-order valence-corrected chi connectivity index (χ4v) is 2.88. The van der Waals surface area contributed by atoms with Gasteiger partial charge in [-0.1, -0.05) is 6.07 Å². The molecule has 0 amide bonds. The highest BCUT2D eigenvalue weighted by Gasteiger charge is 2.19. The van der Waals surface area contributed by atoms with E-state index in [1.54, 1.807) is 24.3 Å². The summed E-state index contributed by atoms with van der Waals surface area (Å²) in [5.74, 6) is 0.254. The number of hydrogen-bond acceptors (Lipinski definition) is 6. The number of nitrogens with one attached hydrogen (secondary N) is 1. The van der Waals surface area contributed by atoms with Crippen LogP contribution in [-0.2, 0) is 23.1 Å². The number of rotatable bonds is 6. The van der Waals surface area contributed by atoms with Gasteiger partial charge in [-0.25, -0.2) is 13.1 Å². The topological polar surface area (TPSA) is 107 Å². The molecular formula is C13H16N4O3S. The van der Waals surface area contributed by atoms with Crippen molar-refractivity contribution in [3.8, 4) is 5.75 Å². The van der Waals surface area contributed by atoms with Crippen molar-refractivity contribution < 1.29 is 13.2 Å². The molecule has 0 atom stereocenters. The number of hydrogen-bond donors (Lipinski definition) is 2. The van der Waals surface area contributed by atoms with Gasteiger partial charge in [0.25, 0.3) is 0 Å². The molecule has 2 aromatic rings. The monoisotopic (exact) mass is 308 g/mol. The van der Waals surface area contributed by atoms with Crippen LogP contribution in [0.3, 0.4) is 0 Å². The summed E-state index contributed by atoms with van der Waals surface area (Å²) in [7, 11) is -2.30. The molecule has 0 unspecified atom stereocenters. The van der Waals surface area contributed by atoms with Crippen molar-refractivity contribution in [1.82, 2.24) is 14.9 Å². The third-order valence-electron chi connectivity index (χ3n) is 2.82. The van der Waals surface area contributed by atoms with Crippen LogP contribution >= 0.6 is 0 Å². The molecule has 0 radical (unpaired) electrons. The van der Waals surface area contributed by atoms with Crippen LogP contribution in [0.2, 0.25) is 0 Å². The fraction of sp³-hybridized carbons (Fsp3) is 0.231. The Morgan fingerprint density at radius 2 is 2.14 bits per heavy atom. The molecule has 1 heterocycles. The number of sulfonamides is 1. The number of nitrogens with zero attached hydrogens (tertiary/aromatic N) is 2. The first-order valence-electron chi connectivity index (χ1n) is 6.20. The minimum Gasteiger partial charge on any atom is -0.495 e. The molecule has 21 heavy (non-hydrogen) atoms. The first kappa shape index (κ1) is 15.4. The zero-order valence-corrected chi connectivity index (χ0v) is 12.3. The molecule has 1 aromatic carbocycles. The fourth-order valence-electron chi connectivity index (χ4n) is 1.74. The summed E-state index contributed by atoms with van der Waals surface area (Å²) < 4.78 is 32.2. The molecule has 0 aliphatic heterocycles. The van der Waals surface area contributed by atoms with E-state index < -0.39 is 10.0 Å². The summed E-state index contributed by atoms with van der Waals surface area (Å²) in [5, 5.41) is 7.51. The van der Waals surface area contributed by atoms with Crippen molar-refractivity contribution >= 4 is 10.0 Å². The van der Waals surface area contributed by atoms with Crippen molar-refractivity contribution in [3.63, 3.8) is 0 Å². The Kier molecular flexibility index (Phi) is 4.84. The van der Waals surface area contributed by atoms with E-state index in [2.05, 4.69) is 14.9 Å². The first-order chi connectivity index (χ1) is 10.1. The molecule has 0 saturated carbocycles. The molecular weight excluding hydrogens is 292 g/mol. The Morgan fingerprint density at radius 3 is 2.76 bits per heavy atom. The van der Waals surface area contributed by atoms with Gasteiger partial charge >= 0.3 is 0 Å². The summed E-state index contributed by atoms with van der Waals surface area (Å²) >= 11 is 0. The van der Waals surface area contributed by atoms with Crippen molar-refractivity contribution in [2.75, 3.05) is 7.11 Å². The quantitative estimate of drug-likeness (QED) is 0.801. The second-order valence-corrected chi connectivity index (χ2v) is 5.96. The molecule has 0 aliphatic rings. The Bertz CT molecular complexity index is 705. The predicted octanol–water partition coefficient (Wildman–Crippen LogP) is 0.422. The Labute approximate surface area is 123 Å². The van der Waals surface area contributed by atoms with Crippen molar-refractivity contribution in [2.24, 2.45) is 5.73 Å². The lowest BCUT2D eigenvalue weighted by molar-refractivity contribution is 0.401. The third kappa shape index (κ3) is 3.75. The summed E-state index contributed by atoms with van der Waals surface area (Å²) in [6.45, 7) is 0.363. The highest BCUT2D eigenvalue weighted by molar-refractivity contribution is 7.89. The molecule has 0 saturated heterocycles. The number of ether oxygens (including phenoxy) is 1. The minimum absolute atomic E-state index is 0.0535. The van der Waals surface area contributed by atoms with E-state index in [4.69, 9.17) is 10.5 Å². The molecule has 0 aliphatic carbocycles. The van der Waals surface area contributed by atoms with Crippen LogP contribution in [0.4, 0.5) is 0 Å². The standard InChI is InChI=1S/C13H16N4O3S/c1-20-12-7-10(8-14)4-5-13(12)21(18,19)16-9-11-3-2-6-15-17-11/h2-7,16H,8-9,14H2,1H3. The maximum Gasteiger partial charge on any atom is 0.244 e. The van der Waals surface area contributed by atoms with Gasteiger partial charge in [0.05, 0.1) is 19.3 Å². The molecule has 0 spiro atoms. The number of aromatic nitrogens is 2. The van der Waals surface area contributed by atoms with Gasteiger partial charge in [0.1, 0.15) is 10.6 Å². The molecule has 8 heteroatoms. The van der Waals surface area contributed by atoms with E-state index in [1.807, 2.05) is 0 Å². The lowest BCUT2D eigenvalue weighted by Gasteiger charge is -2.11. The van der Waals surface area contributed by atoms with Crippen molar-refractivity contribution in [3.05, 3.63) is 47.8 Å². The van der Waals surface area contributed by atoms with Crippen molar-refractivity contribution in [2.45, 2.75) is 18.0 Å². The average molecular weight is 308 g/mol. The largest absolute Gasteiger partial charge is 0.495 e. The van der Waals surface area contributed by atoms with Crippen LogP contribution in [0, 0.1) is 0 Å². The van der Waals surface area contributed by atoms with E-state index in [0.29, 0.717) is 12.2 Å². The van der Waals surface area contributed by atoms with Gasteiger partial charge in [-0.05, 0) is 29.8 Å². The minimum atomic E-state index is -3.71. The summed E-state index contributed by atoms with van der Waals surface area (Å²) in [4.78, 5) is 0.0612. The Hall–Kier alpha value is -2.03. The smallest absolute Gasteiger partial charge is 0.244 e. The normalized spacial score (nSPS) is 11.3. The van der Waals surface area contributed by atoms with E-state index in [-0.39, 0.29) is 17.2 Å². The Morgan fingerprint density at radius 1 is 1.33 bits per heavy atom. The van der Waals surface area contributed by atoms with Gasteiger partial charge in [0.2, 0.25) is 10.0 Å². The van der Waals surface area contributed by atoms with Gasteiger partial charge in [-0.2, -0.15) is 10.2 Å². The third-order valence-corrected chi connectivity index (χ3v) is 4.26. The highest BCUT2D eigenvalue weighted by atomic mass is 32.2. The molecule has 2 rings (SSSR count). The van der Waals surface area contributed by atoms with Gasteiger partial charge in [0, 0.05) is 12.7 Å².